The lowest BCUT2D eigenvalue weighted by molar-refractivity contribution is -0.117. The van der Waals surface area contributed by atoms with E-state index in [0.717, 1.165) is 42.6 Å². The van der Waals surface area contributed by atoms with Gasteiger partial charge in [-0.15, -0.1) is 11.8 Å². The highest BCUT2D eigenvalue weighted by atomic mass is 32.2. The second-order valence-corrected chi connectivity index (χ2v) is 8.69. The molecule has 1 N–H and O–H groups in total. The molecule has 1 aliphatic heterocycles. The van der Waals surface area contributed by atoms with E-state index in [1.54, 1.807) is 11.8 Å². The van der Waals surface area contributed by atoms with Crippen molar-refractivity contribution in [2.45, 2.75) is 37.5 Å². The van der Waals surface area contributed by atoms with Crippen LogP contribution in [0.5, 0.6) is 0 Å². The monoisotopic (exact) mass is 378 g/mol. The van der Waals surface area contributed by atoms with Crippen LogP contribution in [-0.2, 0) is 22.4 Å². The van der Waals surface area contributed by atoms with Crippen molar-refractivity contribution in [2.24, 2.45) is 5.92 Å². The summed E-state index contributed by atoms with van der Waals surface area (Å²) in [4.78, 5) is 26.5. The maximum atomic E-state index is 12.6. The summed E-state index contributed by atoms with van der Waals surface area (Å²) in [5.41, 5.74) is 5.73. The summed E-state index contributed by atoms with van der Waals surface area (Å²) in [6, 6.07) is 14.4. The van der Waals surface area contributed by atoms with Gasteiger partial charge < -0.3 is 5.32 Å². The molecule has 2 aliphatic carbocycles. The summed E-state index contributed by atoms with van der Waals surface area (Å²) in [7, 11) is 0. The number of amides is 2. The van der Waals surface area contributed by atoms with Crippen molar-refractivity contribution in [1.82, 2.24) is 0 Å². The zero-order valence-corrected chi connectivity index (χ0v) is 15.9. The highest BCUT2D eigenvalue weighted by molar-refractivity contribution is 8.00. The van der Waals surface area contributed by atoms with E-state index < -0.39 is 0 Å². The number of benzene rings is 2. The predicted octanol–water partition coefficient (Wildman–Crippen LogP) is 4.30. The number of anilines is 2. The smallest absolute Gasteiger partial charge is 0.238 e. The molecule has 5 heteroatoms. The quantitative estimate of drug-likeness (QED) is 0.863. The van der Waals surface area contributed by atoms with Gasteiger partial charge in [-0.25, -0.2) is 0 Å². The third-order valence-corrected chi connectivity index (χ3v) is 6.85. The van der Waals surface area contributed by atoms with Crippen molar-refractivity contribution in [2.75, 3.05) is 16.0 Å². The van der Waals surface area contributed by atoms with Crippen molar-refractivity contribution in [1.29, 1.82) is 0 Å². The summed E-state index contributed by atoms with van der Waals surface area (Å²) >= 11 is 1.66. The van der Waals surface area contributed by atoms with Gasteiger partial charge in [0.25, 0.3) is 0 Å². The van der Waals surface area contributed by atoms with Crippen molar-refractivity contribution in [3.05, 3.63) is 59.2 Å². The molecule has 4 nitrogen and oxygen atoms in total. The highest BCUT2D eigenvalue weighted by Crippen LogP contribution is 2.43. The summed E-state index contributed by atoms with van der Waals surface area (Å²) < 4.78 is 0. The Morgan fingerprint density at radius 2 is 1.81 bits per heavy atom. The second kappa shape index (κ2) is 6.71. The second-order valence-electron chi connectivity index (χ2n) is 7.62. The molecule has 2 aromatic rings. The van der Waals surface area contributed by atoms with E-state index in [-0.39, 0.29) is 23.1 Å². The zero-order chi connectivity index (χ0) is 18.4. The first-order valence-electron chi connectivity index (χ1n) is 9.65. The fourth-order valence-corrected chi connectivity index (χ4v) is 5.16. The summed E-state index contributed by atoms with van der Waals surface area (Å²) in [6.07, 6.45) is 5.47. The van der Waals surface area contributed by atoms with Gasteiger partial charge in [0.15, 0.2) is 0 Å². The molecule has 0 bridgehead atoms. The Labute approximate surface area is 163 Å². The zero-order valence-electron chi connectivity index (χ0n) is 15.1. The fourth-order valence-electron chi connectivity index (χ4n) is 3.98. The average molecular weight is 378 g/mol. The minimum atomic E-state index is -0.00913. The minimum absolute atomic E-state index is 0.00913. The number of fused-ring (bicyclic) bond motifs is 1. The van der Waals surface area contributed by atoms with E-state index in [9.17, 15) is 9.59 Å². The number of rotatable bonds is 4. The molecule has 138 valence electrons. The van der Waals surface area contributed by atoms with Gasteiger partial charge in [-0.3, -0.25) is 14.5 Å². The Bertz CT molecular complexity index is 905. The number of aryl methyl sites for hydroxylation is 2. The molecular weight excluding hydrogens is 356 g/mol. The average Bonchev–Trinajstić information content (AvgIpc) is 3.31. The number of hydrogen-bond donors (Lipinski definition) is 1. The van der Waals surface area contributed by atoms with Gasteiger partial charge in [0.1, 0.15) is 5.37 Å². The molecule has 0 spiro atoms. The lowest BCUT2D eigenvalue weighted by Gasteiger charge is -2.25. The SMILES string of the molecule is O=C(Nc1ccc([C@H]2SCC(=O)N2c2ccc3c(c2)CCC3)cc1)C1CC1. The molecule has 2 fully saturated rings. The molecule has 0 aromatic heterocycles. The molecule has 3 aliphatic rings. The Morgan fingerprint density at radius 1 is 1.04 bits per heavy atom. The van der Waals surface area contributed by atoms with Crippen LogP contribution in [0, 0.1) is 5.92 Å². The molecule has 2 amide bonds. The van der Waals surface area contributed by atoms with Crippen LogP contribution < -0.4 is 10.2 Å². The first-order chi connectivity index (χ1) is 13.2. The van der Waals surface area contributed by atoms with E-state index in [4.69, 9.17) is 0 Å². The molecule has 1 saturated carbocycles. The lowest BCUT2D eigenvalue weighted by Crippen LogP contribution is -2.27. The van der Waals surface area contributed by atoms with Crippen molar-refractivity contribution in [3.8, 4) is 0 Å². The molecule has 5 rings (SSSR count). The van der Waals surface area contributed by atoms with Crippen LogP contribution in [0.25, 0.3) is 0 Å². The van der Waals surface area contributed by atoms with Gasteiger partial charge in [0.05, 0.1) is 5.75 Å². The van der Waals surface area contributed by atoms with Gasteiger partial charge in [0, 0.05) is 17.3 Å². The van der Waals surface area contributed by atoms with E-state index in [0.29, 0.717) is 5.75 Å². The molecular formula is C22H22N2O2S. The molecule has 0 radical (unpaired) electrons. The van der Waals surface area contributed by atoms with Crippen molar-refractivity contribution in [3.63, 3.8) is 0 Å². The van der Waals surface area contributed by atoms with Gasteiger partial charge in [-0.2, -0.15) is 0 Å². The summed E-state index contributed by atoms with van der Waals surface area (Å²) in [6.45, 7) is 0. The van der Waals surface area contributed by atoms with Crippen LogP contribution in [-0.4, -0.2) is 17.6 Å². The normalized spacial score (nSPS) is 21.4. The van der Waals surface area contributed by atoms with Gasteiger partial charge in [-0.05, 0) is 73.1 Å². The lowest BCUT2D eigenvalue weighted by atomic mass is 10.1. The Morgan fingerprint density at radius 3 is 2.59 bits per heavy atom. The van der Waals surface area contributed by atoms with Crippen LogP contribution in [0.4, 0.5) is 11.4 Å². The fraction of sp³-hybridized carbons (Fsp3) is 0.364. The maximum Gasteiger partial charge on any atom is 0.238 e. The standard InChI is InChI=1S/C22H22N2O2S/c25-20-13-27-22(24(20)19-11-8-14-2-1-3-17(14)12-19)16-6-9-18(10-7-16)23-21(26)15-4-5-15/h6-12,15,22H,1-5,13H2,(H,23,26)/t22-/m1/s1. The van der Waals surface area contributed by atoms with Gasteiger partial charge in [-0.1, -0.05) is 18.2 Å². The number of thioether (sulfide) groups is 1. The van der Waals surface area contributed by atoms with E-state index >= 15 is 0 Å². The largest absolute Gasteiger partial charge is 0.326 e. The molecule has 1 saturated heterocycles. The molecule has 2 aromatic carbocycles. The van der Waals surface area contributed by atoms with Crippen LogP contribution in [0.3, 0.4) is 0 Å². The third kappa shape index (κ3) is 3.25. The third-order valence-electron chi connectivity index (χ3n) is 5.64. The van der Waals surface area contributed by atoms with Crippen LogP contribution in [0.15, 0.2) is 42.5 Å². The number of nitrogens with one attached hydrogen (secondary N) is 1. The summed E-state index contributed by atoms with van der Waals surface area (Å²) in [5, 5.41) is 2.97. The predicted molar refractivity (Wildman–Crippen MR) is 109 cm³/mol. The number of carbonyl (C=O) groups excluding carboxylic acids is 2. The van der Waals surface area contributed by atoms with Gasteiger partial charge >= 0.3 is 0 Å². The topological polar surface area (TPSA) is 49.4 Å². The van der Waals surface area contributed by atoms with Gasteiger partial charge in [0.2, 0.25) is 11.8 Å². The van der Waals surface area contributed by atoms with Crippen LogP contribution in [0.2, 0.25) is 0 Å². The van der Waals surface area contributed by atoms with E-state index in [1.165, 1.54) is 17.5 Å². The highest BCUT2D eigenvalue weighted by Gasteiger charge is 2.34. The van der Waals surface area contributed by atoms with Crippen molar-refractivity contribution >= 4 is 35.0 Å². The summed E-state index contributed by atoms with van der Waals surface area (Å²) in [5.74, 6) is 0.979. The Hall–Kier alpha value is -2.27. The number of hydrogen-bond acceptors (Lipinski definition) is 3. The first-order valence-corrected chi connectivity index (χ1v) is 10.7. The van der Waals surface area contributed by atoms with Crippen LogP contribution >= 0.6 is 11.8 Å². The number of nitrogens with zero attached hydrogens (tertiary/aromatic N) is 1. The first kappa shape index (κ1) is 16.9. The Balaban J connectivity index is 1.38. The maximum absolute atomic E-state index is 12.6. The number of carbonyl (C=O) groups is 2. The van der Waals surface area contributed by atoms with Crippen molar-refractivity contribution < 1.29 is 9.59 Å². The molecule has 1 atom stereocenters. The molecule has 1 heterocycles. The minimum Gasteiger partial charge on any atom is -0.326 e. The van der Waals surface area contributed by atoms with Crippen LogP contribution in [0.1, 0.15) is 41.3 Å². The molecule has 0 unspecified atom stereocenters. The Kier molecular flexibility index (Phi) is 4.20. The molecule has 27 heavy (non-hydrogen) atoms. The van der Waals surface area contributed by atoms with E-state index in [2.05, 4.69) is 23.5 Å². The van der Waals surface area contributed by atoms with E-state index in [1.807, 2.05) is 29.2 Å².